The molecule has 128 valence electrons. The highest BCUT2D eigenvalue weighted by Crippen LogP contribution is 2.24. The molecule has 8 heteroatoms. The van der Waals surface area contributed by atoms with Crippen LogP contribution in [0, 0.1) is 0 Å². The van der Waals surface area contributed by atoms with E-state index in [1.54, 1.807) is 30.7 Å². The van der Waals surface area contributed by atoms with Crippen LogP contribution in [0.3, 0.4) is 0 Å². The van der Waals surface area contributed by atoms with Crippen LogP contribution in [0.5, 0.6) is 0 Å². The number of hydrogen-bond acceptors (Lipinski definition) is 6. The second-order valence-corrected chi connectivity index (χ2v) is 6.86. The van der Waals surface area contributed by atoms with Gasteiger partial charge in [-0.1, -0.05) is 11.6 Å². The highest BCUT2D eigenvalue weighted by atomic mass is 35.5. The standard InChI is InChI=1S/C17H16ClN5OS/c1-10(5-14-13(18)3-2-4-20-14)23-17-21-7-12(8-22-17)11-6-15(16(19)24)25-9-11/h2-4,6-10H,5H2,1H3,(H2,19,24)(H,21,22,23). The number of nitrogens with one attached hydrogen (secondary N) is 1. The van der Waals surface area contributed by atoms with Gasteiger partial charge in [0, 0.05) is 36.6 Å². The first kappa shape index (κ1) is 17.3. The molecular weight excluding hydrogens is 358 g/mol. The van der Waals surface area contributed by atoms with Gasteiger partial charge >= 0.3 is 0 Å². The van der Waals surface area contributed by atoms with Gasteiger partial charge in [0.2, 0.25) is 5.95 Å². The lowest BCUT2D eigenvalue weighted by Crippen LogP contribution is -2.20. The van der Waals surface area contributed by atoms with Gasteiger partial charge in [-0.25, -0.2) is 9.97 Å². The fraction of sp³-hybridized carbons (Fsp3) is 0.176. The van der Waals surface area contributed by atoms with Crippen molar-refractivity contribution in [3.8, 4) is 11.1 Å². The maximum atomic E-state index is 11.2. The smallest absolute Gasteiger partial charge is 0.258 e. The van der Waals surface area contributed by atoms with Gasteiger partial charge in [-0.05, 0) is 36.1 Å². The minimum absolute atomic E-state index is 0.0702. The van der Waals surface area contributed by atoms with Crippen molar-refractivity contribution in [3.63, 3.8) is 0 Å². The molecule has 25 heavy (non-hydrogen) atoms. The quantitative estimate of drug-likeness (QED) is 0.690. The molecule has 3 aromatic heterocycles. The number of thiophene rings is 1. The van der Waals surface area contributed by atoms with Crippen LogP contribution >= 0.6 is 22.9 Å². The first-order chi connectivity index (χ1) is 12.0. The van der Waals surface area contributed by atoms with Crippen LogP contribution in [-0.4, -0.2) is 26.9 Å². The summed E-state index contributed by atoms with van der Waals surface area (Å²) in [7, 11) is 0. The first-order valence-electron chi connectivity index (χ1n) is 7.59. The largest absolute Gasteiger partial charge is 0.365 e. The minimum Gasteiger partial charge on any atom is -0.365 e. The number of amides is 1. The Morgan fingerprint density at radius 3 is 2.72 bits per heavy atom. The topological polar surface area (TPSA) is 93.8 Å². The highest BCUT2D eigenvalue weighted by Gasteiger charge is 2.10. The molecule has 0 saturated carbocycles. The summed E-state index contributed by atoms with van der Waals surface area (Å²) in [5, 5.41) is 5.73. The zero-order valence-electron chi connectivity index (χ0n) is 13.4. The number of anilines is 1. The van der Waals surface area contributed by atoms with Gasteiger partial charge in [0.1, 0.15) is 0 Å². The molecule has 0 spiro atoms. The fourth-order valence-corrected chi connectivity index (χ4v) is 3.27. The van der Waals surface area contributed by atoms with E-state index in [1.165, 1.54) is 11.3 Å². The summed E-state index contributed by atoms with van der Waals surface area (Å²) < 4.78 is 0. The number of carbonyl (C=O) groups excluding carboxylic acids is 1. The van der Waals surface area contributed by atoms with Crippen LogP contribution in [0.15, 0.2) is 42.2 Å². The molecule has 6 nitrogen and oxygen atoms in total. The molecule has 0 aliphatic rings. The van der Waals surface area contributed by atoms with E-state index in [4.69, 9.17) is 17.3 Å². The van der Waals surface area contributed by atoms with Crippen LogP contribution in [0.4, 0.5) is 5.95 Å². The second-order valence-electron chi connectivity index (χ2n) is 5.54. The van der Waals surface area contributed by atoms with E-state index >= 15 is 0 Å². The molecule has 0 saturated heterocycles. The van der Waals surface area contributed by atoms with Crippen molar-refractivity contribution in [1.82, 2.24) is 15.0 Å². The van der Waals surface area contributed by atoms with Gasteiger partial charge in [-0.3, -0.25) is 9.78 Å². The van der Waals surface area contributed by atoms with Gasteiger partial charge in [0.05, 0.1) is 15.6 Å². The third-order valence-electron chi connectivity index (χ3n) is 3.54. The lowest BCUT2D eigenvalue weighted by atomic mass is 10.1. The zero-order valence-corrected chi connectivity index (χ0v) is 15.0. The average molecular weight is 374 g/mol. The van der Waals surface area contributed by atoms with Crippen LogP contribution < -0.4 is 11.1 Å². The molecule has 0 radical (unpaired) electrons. The number of rotatable bonds is 6. The average Bonchev–Trinajstić information content (AvgIpc) is 3.08. The lowest BCUT2D eigenvalue weighted by Gasteiger charge is -2.14. The third-order valence-corrected chi connectivity index (χ3v) is 4.83. The SMILES string of the molecule is CC(Cc1ncccc1Cl)Nc1ncc(-c2csc(C(N)=O)c2)cn1. The number of halogens is 1. The normalized spacial score (nSPS) is 11.9. The predicted molar refractivity (Wildman–Crippen MR) is 99.9 cm³/mol. The zero-order chi connectivity index (χ0) is 17.8. The van der Waals surface area contributed by atoms with E-state index in [9.17, 15) is 4.79 Å². The molecule has 3 aromatic rings. The van der Waals surface area contributed by atoms with Crippen LogP contribution in [0.1, 0.15) is 22.3 Å². The Morgan fingerprint density at radius 2 is 2.08 bits per heavy atom. The molecule has 1 atom stereocenters. The van der Waals surface area contributed by atoms with E-state index < -0.39 is 5.91 Å². The van der Waals surface area contributed by atoms with Crippen LogP contribution in [0.2, 0.25) is 5.02 Å². The number of carbonyl (C=O) groups is 1. The third kappa shape index (κ3) is 4.32. The molecule has 3 rings (SSSR count). The number of nitrogens with two attached hydrogens (primary N) is 1. The number of primary amides is 1. The maximum absolute atomic E-state index is 11.2. The number of pyridine rings is 1. The van der Waals surface area contributed by atoms with Crippen molar-refractivity contribution in [2.24, 2.45) is 5.73 Å². The Bertz CT molecular complexity index is 881. The van der Waals surface area contributed by atoms with Gasteiger partial charge in [0.25, 0.3) is 5.91 Å². The van der Waals surface area contributed by atoms with E-state index in [0.29, 0.717) is 22.3 Å². The minimum atomic E-state index is -0.433. The van der Waals surface area contributed by atoms with Crippen molar-refractivity contribution in [2.45, 2.75) is 19.4 Å². The molecule has 1 amide bonds. The second kappa shape index (κ2) is 7.58. The summed E-state index contributed by atoms with van der Waals surface area (Å²) in [6.45, 7) is 2.01. The van der Waals surface area contributed by atoms with Gasteiger partial charge in [-0.15, -0.1) is 11.3 Å². The number of nitrogens with zero attached hydrogens (tertiary/aromatic N) is 3. The Morgan fingerprint density at radius 1 is 1.32 bits per heavy atom. The van der Waals surface area contributed by atoms with Gasteiger partial charge in [0.15, 0.2) is 0 Å². The van der Waals surface area contributed by atoms with E-state index in [1.807, 2.05) is 18.4 Å². The Hall–Kier alpha value is -2.51. The summed E-state index contributed by atoms with van der Waals surface area (Å²) in [5.74, 6) is 0.0890. The monoisotopic (exact) mass is 373 g/mol. The molecule has 0 bridgehead atoms. The Balaban J connectivity index is 1.65. The summed E-state index contributed by atoms with van der Waals surface area (Å²) in [6.07, 6.45) is 5.81. The van der Waals surface area contributed by atoms with Crippen molar-refractivity contribution in [2.75, 3.05) is 5.32 Å². The van der Waals surface area contributed by atoms with Gasteiger partial charge in [-0.2, -0.15) is 0 Å². The molecule has 0 aliphatic carbocycles. The summed E-state index contributed by atoms with van der Waals surface area (Å²) in [6, 6.07) is 5.44. The van der Waals surface area contributed by atoms with Crippen LogP contribution in [0.25, 0.3) is 11.1 Å². The van der Waals surface area contributed by atoms with Crippen molar-refractivity contribution in [3.05, 3.63) is 57.8 Å². The molecular formula is C17H16ClN5OS. The van der Waals surface area contributed by atoms with E-state index in [-0.39, 0.29) is 6.04 Å². The summed E-state index contributed by atoms with van der Waals surface area (Å²) >= 11 is 7.44. The molecule has 0 aromatic carbocycles. The first-order valence-corrected chi connectivity index (χ1v) is 8.85. The van der Waals surface area contributed by atoms with E-state index in [0.717, 1.165) is 16.8 Å². The molecule has 3 heterocycles. The molecule has 0 fully saturated rings. The van der Waals surface area contributed by atoms with Gasteiger partial charge < -0.3 is 11.1 Å². The molecule has 1 unspecified atom stereocenters. The number of hydrogen-bond donors (Lipinski definition) is 2. The Labute approximate surface area is 154 Å². The van der Waals surface area contributed by atoms with Crippen molar-refractivity contribution in [1.29, 1.82) is 0 Å². The fourth-order valence-electron chi connectivity index (χ4n) is 2.30. The predicted octanol–water partition coefficient (Wildman–Crippen LogP) is 3.40. The summed E-state index contributed by atoms with van der Waals surface area (Å²) in [5.41, 5.74) is 7.81. The molecule has 0 aliphatic heterocycles. The Kier molecular flexibility index (Phi) is 5.25. The lowest BCUT2D eigenvalue weighted by molar-refractivity contribution is 0.100. The van der Waals surface area contributed by atoms with Crippen molar-refractivity contribution >= 4 is 34.8 Å². The highest BCUT2D eigenvalue weighted by molar-refractivity contribution is 7.12. The summed E-state index contributed by atoms with van der Waals surface area (Å²) in [4.78, 5) is 24.6. The maximum Gasteiger partial charge on any atom is 0.258 e. The van der Waals surface area contributed by atoms with Crippen LogP contribution in [-0.2, 0) is 6.42 Å². The molecule has 3 N–H and O–H groups in total. The van der Waals surface area contributed by atoms with E-state index in [2.05, 4.69) is 20.3 Å². The number of aromatic nitrogens is 3. The van der Waals surface area contributed by atoms with Crippen molar-refractivity contribution < 1.29 is 4.79 Å².